The molecular weight excluding hydrogens is 350 g/mol. The van der Waals surface area contributed by atoms with Gasteiger partial charge >= 0.3 is 5.97 Å². The van der Waals surface area contributed by atoms with E-state index < -0.39 is 0 Å². The van der Waals surface area contributed by atoms with Crippen LogP contribution in [0.5, 0.6) is 5.75 Å². The molecule has 3 aromatic rings. The van der Waals surface area contributed by atoms with Crippen LogP contribution in [0.3, 0.4) is 0 Å². The number of para-hydroxylation sites is 1. The van der Waals surface area contributed by atoms with Gasteiger partial charge in [0.25, 0.3) is 0 Å². The third-order valence-corrected chi connectivity index (χ3v) is 5.25. The molecular formula is C24H23NO3. The van der Waals surface area contributed by atoms with Gasteiger partial charge in [-0.05, 0) is 37.7 Å². The summed E-state index contributed by atoms with van der Waals surface area (Å²) in [6.07, 6.45) is -0.339. The number of likely N-dealkylation sites (N-methyl/N-ethyl adjacent to an activating group) is 1. The standard InChI is InChI=1S/C24H23NO3/c1-17-22(18-11-5-3-6-12-18)28-23(25(17)2)20-15-9-10-16-21(20)27-24(26)19-13-7-4-8-14-19/h3-17,22-23H,1-2H3/t17-,22+,23+/m0/s1. The number of esters is 1. The number of hydrogen-bond donors (Lipinski definition) is 0. The zero-order valence-electron chi connectivity index (χ0n) is 16.0. The first-order chi connectivity index (χ1) is 13.6. The van der Waals surface area contributed by atoms with Gasteiger partial charge in [-0.3, -0.25) is 4.90 Å². The number of carbonyl (C=O) groups excluding carboxylic acids is 1. The molecule has 1 aliphatic rings. The summed E-state index contributed by atoms with van der Waals surface area (Å²) in [5.41, 5.74) is 2.51. The molecule has 0 spiro atoms. The first kappa shape index (κ1) is 18.4. The predicted molar refractivity (Wildman–Crippen MR) is 108 cm³/mol. The largest absolute Gasteiger partial charge is 0.422 e. The van der Waals surface area contributed by atoms with Crippen molar-refractivity contribution in [1.82, 2.24) is 4.90 Å². The zero-order chi connectivity index (χ0) is 19.5. The number of nitrogens with zero attached hydrogens (tertiary/aromatic N) is 1. The van der Waals surface area contributed by atoms with Crippen molar-refractivity contribution in [2.24, 2.45) is 0 Å². The van der Waals surface area contributed by atoms with Crippen molar-refractivity contribution in [1.29, 1.82) is 0 Å². The lowest BCUT2D eigenvalue weighted by Crippen LogP contribution is -2.27. The van der Waals surface area contributed by atoms with E-state index in [9.17, 15) is 4.79 Å². The van der Waals surface area contributed by atoms with E-state index in [2.05, 4.69) is 24.0 Å². The van der Waals surface area contributed by atoms with E-state index in [-0.39, 0.29) is 24.3 Å². The van der Waals surface area contributed by atoms with Gasteiger partial charge in [0.15, 0.2) is 0 Å². The highest BCUT2D eigenvalue weighted by Gasteiger charge is 2.40. The lowest BCUT2D eigenvalue weighted by Gasteiger charge is -2.23. The highest BCUT2D eigenvalue weighted by molar-refractivity contribution is 5.91. The first-order valence-corrected chi connectivity index (χ1v) is 9.43. The predicted octanol–water partition coefficient (Wildman–Crippen LogP) is 5.00. The summed E-state index contributed by atoms with van der Waals surface area (Å²) in [4.78, 5) is 14.7. The van der Waals surface area contributed by atoms with Crippen molar-refractivity contribution >= 4 is 5.97 Å². The zero-order valence-corrected chi connectivity index (χ0v) is 16.0. The van der Waals surface area contributed by atoms with Crippen LogP contribution in [0.25, 0.3) is 0 Å². The van der Waals surface area contributed by atoms with Crippen molar-refractivity contribution in [3.05, 3.63) is 102 Å². The number of rotatable bonds is 4. The van der Waals surface area contributed by atoms with Gasteiger partial charge in [-0.15, -0.1) is 0 Å². The maximum atomic E-state index is 12.5. The quantitative estimate of drug-likeness (QED) is 0.477. The number of ether oxygens (including phenoxy) is 2. The van der Waals surface area contributed by atoms with Crippen molar-refractivity contribution in [3.63, 3.8) is 0 Å². The minimum atomic E-state index is -0.374. The van der Waals surface area contributed by atoms with E-state index in [0.29, 0.717) is 11.3 Å². The molecule has 1 fully saturated rings. The summed E-state index contributed by atoms with van der Waals surface area (Å²) >= 11 is 0. The lowest BCUT2D eigenvalue weighted by atomic mass is 10.0. The fourth-order valence-electron chi connectivity index (χ4n) is 3.58. The topological polar surface area (TPSA) is 38.8 Å². The summed E-state index contributed by atoms with van der Waals surface area (Å²) in [5.74, 6) is 0.149. The fourth-order valence-corrected chi connectivity index (χ4v) is 3.58. The molecule has 0 N–H and O–H groups in total. The molecule has 0 amide bonds. The van der Waals surface area contributed by atoms with Crippen LogP contribution < -0.4 is 4.74 Å². The third-order valence-electron chi connectivity index (χ3n) is 5.25. The first-order valence-electron chi connectivity index (χ1n) is 9.43. The van der Waals surface area contributed by atoms with Crippen molar-refractivity contribution in [2.45, 2.75) is 25.3 Å². The lowest BCUT2D eigenvalue weighted by molar-refractivity contribution is 0.00396. The highest BCUT2D eigenvalue weighted by Crippen LogP contribution is 2.43. The Balaban J connectivity index is 1.60. The van der Waals surface area contributed by atoms with Crippen molar-refractivity contribution < 1.29 is 14.3 Å². The fraction of sp³-hybridized carbons (Fsp3) is 0.208. The number of carbonyl (C=O) groups is 1. The average Bonchev–Trinajstić information content (AvgIpc) is 3.04. The second-order valence-electron chi connectivity index (χ2n) is 7.02. The van der Waals surface area contributed by atoms with Crippen LogP contribution in [0, 0.1) is 0 Å². The van der Waals surface area contributed by atoms with Crippen LogP contribution in [0.1, 0.15) is 40.7 Å². The third kappa shape index (κ3) is 3.57. The Morgan fingerprint density at radius 2 is 1.50 bits per heavy atom. The number of hydrogen-bond acceptors (Lipinski definition) is 4. The van der Waals surface area contributed by atoms with E-state index >= 15 is 0 Å². The van der Waals surface area contributed by atoms with Gasteiger partial charge in [0.1, 0.15) is 18.1 Å². The van der Waals surface area contributed by atoms with Gasteiger partial charge in [0.2, 0.25) is 0 Å². The molecule has 0 saturated carbocycles. The van der Waals surface area contributed by atoms with Gasteiger partial charge in [-0.25, -0.2) is 4.79 Å². The summed E-state index contributed by atoms with van der Waals surface area (Å²) in [6, 6.07) is 27.0. The monoisotopic (exact) mass is 373 g/mol. The highest BCUT2D eigenvalue weighted by atomic mass is 16.5. The Bertz CT molecular complexity index is 942. The minimum absolute atomic E-state index is 0.0471. The molecule has 142 valence electrons. The van der Waals surface area contributed by atoms with Crippen LogP contribution >= 0.6 is 0 Å². The van der Waals surface area contributed by atoms with Gasteiger partial charge in [-0.2, -0.15) is 0 Å². The molecule has 3 atom stereocenters. The van der Waals surface area contributed by atoms with Crippen LogP contribution in [0.2, 0.25) is 0 Å². The Kier molecular flexibility index (Phi) is 5.24. The molecule has 4 nitrogen and oxygen atoms in total. The molecule has 4 rings (SSSR count). The van der Waals surface area contributed by atoms with Crippen molar-refractivity contribution in [2.75, 3.05) is 7.05 Å². The average molecular weight is 373 g/mol. The second kappa shape index (κ2) is 7.97. The van der Waals surface area contributed by atoms with E-state index in [4.69, 9.17) is 9.47 Å². The van der Waals surface area contributed by atoms with Crippen LogP contribution in [-0.4, -0.2) is 24.0 Å². The molecule has 0 radical (unpaired) electrons. The Morgan fingerprint density at radius 1 is 0.893 bits per heavy atom. The number of benzene rings is 3. The molecule has 1 saturated heterocycles. The molecule has 3 aromatic carbocycles. The van der Waals surface area contributed by atoms with Crippen molar-refractivity contribution in [3.8, 4) is 5.75 Å². The SMILES string of the molecule is C[C@H]1[C@H](c2ccccc2)O[C@H](c2ccccc2OC(=O)c2ccccc2)N1C. The maximum Gasteiger partial charge on any atom is 0.343 e. The summed E-state index contributed by atoms with van der Waals surface area (Å²) in [6.45, 7) is 2.15. The van der Waals surface area contributed by atoms with E-state index in [1.165, 1.54) is 0 Å². The van der Waals surface area contributed by atoms with Crippen LogP contribution in [0.15, 0.2) is 84.9 Å². The molecule has 1 aliphatic heterocycles. The summed E-state index contributed by atoms with van der Waals surface area (Å²) in [5, 5.41) is 0. The molecule has 0 unspecified atom stereocenters. The normalized spacial score (nSPS) is 22.1. The van der Waals surface area contributed by atoms with Gasteiger partial charge in [0, 0.05) is 11.6 Å². The molecule has 1 heterocycles. The Labute approximate surface area is 165 Å². The van der Waals surface area contributed by atoms with E-state index in [0.717, 1.165) is 11.1 Å². The smallest absolute Gasteiger partial charge is 0.343 e. The van der Waals surface area contributed by atoms with Crippen LogP contribution in [-0.2, 0) is 4.74 Å². The Hall–Kier alpha value is -2.95. The van der Waals surface area contributed by atoms with Gasteiger partial charge < -0.3 is 9.47 Å². The molecule has 0 aromatic heterocycles. The second-order valence-corrected chi connectivity index (χ2v) is 7.02. The van der Waals surface area contributed by atoms with E-state index in [1.54, 1.807) is 12.1 Å². The van der Waals surface area contributed by atoms with Gasteiger partial charge in [-0.1, -0.05) is 66.7 Å². The summed E-state index contributed by atoms with van der Waals surface area (Å²) in [7, 11) is 2.04. The molecule has 0 bridgehead atoms. The van der Waals surface area contributed by atoms with E-state index in [1.807, 2.05) is 67.7 Å². The molecule has 28 heavy (non-hydrogen) atoms. The molecule has 4 heteroatoms. The summed E-state index contributed by atoms with van der Waals surface area (Å²) < 4.78 is 12.1. The van der Waals surface area contributed by atoms with Crippen LogP contribution in [0.4, 0.5) is 0 Å². The minimum Gasteiger partial charge on any atom is -0.422 e. The van der Waals surface area contributed by atoms with Gasteiger partial charge in [0.05, 0.1) is 5.56 Å². The maximum absolute atomic E-state index is 12.5. The Morgan fingerprint density at radius 3 is 2.21 bits per heavy atom. The molecule has 0 aliphatic carbocycles.